The van der Waals surface area contributed by atoms with E-state index >= 15 is 0 Å². The summed E-state index contributed by atoms with van der Waals surface area (Å²) in [5.41, 5.74) is 1.36. The summed E-state index contributed by atoms with van der Waals surface area (Å²) in [6.45, 7) is 4.37. The fourth-order valence-corrected chi connectivity index (χ4v) is 4.61. The van der Waals surface area contributed by atoms with E-state index in [1.54, 1.807) is 42.1 Å². The van der Waals surface area contributed by atoms with Crippen molar-refractivity contribution < 1.29 is 14.0 Å². The number of benzene rings is 1. The Morgan fingerprint density at radius 2 is 2.03 bits per heavy atom. The van der Waals surface area contributed by atoms with Crippen LogP contribution in [0.25, 0.3) is 0 Å². The van der Waals surface area contributed by atoms with Gasteiger partial charge in [-0.1, -0.05) is 12.1 Å². The normalized spacial score (nSPS) is 23.4. The average Bonchev–Trinajstić information content (AvgIpc) is 3.40. The van der Waals surface area contributed by atoms with E-state index in [-0.39, 0.29) is 35.6 Å². The first-order valence-corrected chi connectivity index (χ1v) is 9.94. The van der Waals surface area contributed by atoms with Crippen LogP contribution in [-0.2, 0) is 6.54 Å². The molecule has 3 amide bonds. The highest BCUT2D eigenvalue weighted by atomic mass is 19.1. The van der Waals surface area contributed by atoms with E-state index < -0.39 is 0 Å². The maximum atomic E-state index is 13.9. The van der Waals surface area contributed by atoms with Crippen molar-refractivity contribution in [1.29, 1.82) is 0 Å². The molecular weight excluding hydrogens is 373 g/mol. The molecule has 29 heavy (non-hydrogen) atoms. The number of hydrogen-bond donors (Lipinski definition) is 0. The van der Waals surface area contributed by atoms with Crippen LogP contribution in [0.5, 0.6) is 0 Å². The molecule has 8 heteroatoms. The highest BCUT2D eigenvalue weighted by Crippen LogP contribution is 2.45. The molecule has 2 aromatic rings. The van der Waals surface area contributed by atoms with Gasteiger partial charge in [0.1, 0.15) is 5.82 Å². The molecule has 2 saturated heterocycles. The molecule has 0 N–H and O–H groups in total. The first-order valence-electron chi connectivity index (χ1n) is 9.94. The quantitative estimate of drug-likeness (QED) is 0.797. The molecule has 3 heterocycles. The number of carbonyl (C=O) groups is 2. The first-order chi connectivity index (χ1) is 13.9. The third-order valence-electron chi connectivity index (χ3n) is 5.97. The molecule has 2 aliphatic heterocycles. The number of carbonyl (C=O) groups excluding carboxylic acids is 2. The number of rotatable bonds is 3. The maximum absolute atomic E-state index is 13.9. The van der Waals surface area contributed by atoms with Gasteiger partial charge in [-0.05, 0) is 24.6 Å². The van der Waals surface area contributed by atoms with Crippen LogP contribution in [0.15, 0.2) is 36.7 Å². The zero-order valence-electron chi connectivity index (χ0n) is 17.0. The van der Waals surface area contributed by atoms with Gasteiger partial charge in [0.05, 0.1) is 17.8 Å². The molecule has 0 radical (unpaired) electrons. The minimum Gasteiger partial charge on any atom is -0.338 e. The van der Waals surface area contributed by atoms with Gasteiger partial charge in [-0.25, -0.2) is 9.18 Å². The van der Waals surface area contributed by atoms with Gasteiger partial charge in [-0.2, -0.15) is 5.10 Å². The number of hydrogen-bond acceptors (Lipinski definition) is 3. The van der Waals surface area contributed by atoms with Gasteiger partial charge in [0.15, 0.2) is 0 Å². The molecule has 7 nitrogen and oxygen atoms in total. The SMILES string of the molecule is CCn1cc(C(=O)N2C[C@@H]3CN(C(=O)N(C)C)[C@H](c4cccc(F)c4)[C@@H]3C2)cn1. The maximum Gasteiger partial charge on any atom is 0.320 e. The number of likely N-dealkylation sites (tertiary alicyclic amines) is 2. The van der Waals surface area contributed by atoms with Crippen molar-refractivity contribution in [2.45, 2.75) is 19.5 Å². The van der Waals surface area contributed by atoms with Gasteiger partial charge in [0.2, 0.25) is 0 Å². The van der Waals surface area contributed by atoms with Crippen LogP contribution in [0.3, 0.4) is 0 Å². The summed E-state index contributed by atoms with van der Waals surface area (Å²) in [7, 11) is 3.45. The van der Waals surface area contributed by atoms with E-state index in [1.165, 1.54) is 12.1 Å². The van der Waals surface area contributed by atoms with Crippen LogP contribution in [0, 0.1) is 17.7 Å². The average molecular weight is 399 g/mol. The Balaban J connectivity index is 1.60. The van der Waals surface area contributed by atoms with E-state index in [9.17, 15) is 14.0 Å². The first kappa shape index (κ1) is 19.4. The van der Waals surface area contributed by atoms with Gasteiger partial charge in [-0.15, -0.1) is 0 Å². The molecule has 0 saturated carbocycles. The van der Waals surface area contributed by atoms with Crippen LogP contribution in [0.1, 0.15) is 28.9 Å². The smallest absolute Gasteiger partial charge is 0.320 e. The molecule has 2 fully saturated rings. The van der Waals surface area contributed by atoms with Gasteiger partial charge < -0.3 is 14.7 Å². The fraction of sp³-hybridized carbons (Fsp3) is 0.476. The van der Waals surface area contributed by atoms with Crippen LogP contribution in [-0.4, -0.2) is 70.1 Å². The topological polar surface area (TPSA) is 61.7 Å². The van der Waals surface area contributed by atoms with Crippen LogP contribution < -0.4 is 0 Å². The van der Waals surface area contributed by atoms with Gasteiger partial charge in [0, 0.05) is 58.3 Å². The summed E-state index contributed by atoms with van der Waals surface area (Å²) < 4.78 is 15.7. The number of halogens is 1. The monoisotopic (exact) mass is 399 g/mol. The summed E-state index contributed by atoms with van der Waals surface area (Å²) in [4.78, 5) is 31.0. The van der Waals surface area contributed by atoms with Crippen molar-refractivity contribution in [2.24, 2.45) is 11.8 Å². The Bertz CT molecular complexity index is 927. The van der Waals surface area contributed by atoms with Gasteiger partial charge in [0.25, 0.3) is 5.91 Å². The molecule has 0 aliphatic carbocycles. The molecule has 4 rings (SSSR count). The number of fused-ring (bicyclic) bond motifs is 1. The summed E-state index contributed by atoms with van der Waals surface area (Å²) in [6.07, 6.45) is 3.37. The molecule has 0 spiro atoms. The predicted octanol–water partition coefficient (Wildman–Crippen LogP) is 2.47. The Morgan fingerprint density at radius 1 is 1.24 bits per heavy atom. The Morgan fingerprint density at radius 3 is 2.69 bits per heavy atom. The largest absolute Gasteiger partial charge is 0.338 e. The van der Waals surface area contributed by atoms with Crippen molar-refractivity contribution in [3.63, 3.8) is 0 Å². The van der Waals surface area contributed by atoms with E-state index in [1.807, 2.05) is 22.8 Å². The summed E-state index contributed by atoms with van der Waals surface area (Å²) >= 11 is 0. The van der Waals surface area contributed by atoms with Crippen molar-refractivity contribution in [3.8, 4) is 0 Å². The number of aromatic nitrogens is 2. The lowest BCUT2D eigenvalue weighted by molar-refractivity contribution is 0.0766. The Kier molecular flexibility index (Phi) is 5.02. The molecule has 2 aliphatic rings. The van der Waals surface area contributed by atoms with E-state index in [4.69, 9.17) is 0 Å². The number of aryl methyl sites for hydroxylation is 1. The summed E-state index contributed by atoms with van der Waals surface area (Å²) in [6, 6.07) is 6.11. The lowest BCUT2D eigenvalue weighted by Crippen LogP contribution is -2.42. The molecule has 0 unspecified atom stereocenters. The lowest BCUT2D eigenvalue weighted by Gasteiger charge is -2.31. The van der Waals surface area contributed by atoms with E-state index in [0.29, 0.717) is 31.7 Å². The Labute approximate surface area is 169 Å². The molecule has 1 aromatic carbocycles. The highest BCUT2D eigenvalue weighted by molar-refractivity contribution is 5.94. The van der Waals surface area contributed by atoms with Crippen molar-refractivity contribution in [3.05, 3.63) is 53.6 Å². The minimum absolute atomic E-state index is 0.0393. The highest BCUT2D eigenvalue weighted by Gasteiger charge is 2.50. The van der Waals surface area contributed by atoms with Gasteiger partial charge >= 0.3 is 6.03 Å². The van der Waals surface area contributed by atoms with E-state index in [2.05, 4.69) is 5.10 Å². The molecule has 3 atom stereocenters. The zero-order valence-corrected chi connectivity index (χ0v) is 17.0. The van der Waals surface area contributed by atoms with Crippen LogP contribution in [0.4, 0.5) is 9.18 Å². The molecular formula is C21H26FN5O2. The predicted molar refractivity (Wildman–Crippen MR) is 106 cm³/mol. The summed E-state index contributed by atoms with van der Waals surface area (Å²) in [5.74, 6) is -0.119. The number of nitrogens with zero attached hydrogens (tertiary/aromatic N) is 5. The molecule has 1 aromatic heterocycles. The second-order valence-electron chi connectivity index (χ2n) is 8.05. The lowest BCUT2D eigenvalue weighted by atomic mass is 9.89. The third kappa shape index (κ3) is 3.47. The second-order valence-corrected chi connectivity index (χ2v) is 8.05. The Hall–Kier alpha value is -2.90. The van der Waals surface area contributed by atoms with Crippen molar-refractivity contribution in [2.75, 3.05) is 33.7 Å². The zero-order chi connectivity index (χ0) is 20.7. The van der Waals surface area contributed by atoms with Crippen LogP contribution in [0.2, 0.25) is 0 Å². The minimum atomic E-state index is -0.318. The van der Waals surface area contributed by atoms with Gasteiger partial charge in [-0.3, -0.25) is 9.48 Å². The van der Waals surface area contributed by atoms with Crippen molar-refractivity contribution in [1.82, 2.24) is 24.5 Å². The second kappa shape index (κ2) is 7.50. The summed E-state index contributed by atoms with van der Waals surface area (Å²) in [5, 5.41) is 4.20. The standard InChI is InChI=1S/C21H26FN5O2/c1-4-26-11-15(9-23-26)20(28)25-10-16-12-27(21(29)24(2)3)19(18(16)13-25)14-6-5-7-17(22)8-14/h5-9,11,16,18-19H,4,10,12-13H2,1-3H3/t16-,18-,19-/m1/s1. The fourth-order valence-electron chi connectivity index (χ4n) is 4.61. The number of amides is 3. The van der Waals surface area contributed by atoms with Crippen molar-refractivity contribution >= 4 is 11.9 Å². The third-order valence-corrected chi connectivity index (χ3v) is 5.97. The van der Waals surface area contributed by atoms with E-state index in [0.717, 1.165) is 5.56 Å². The number of urea groups is 1. The molecule has 154 valence electrons. The van der Waals surface area contributed by atoms with Crippen LogP contribution >= 0.6 is 0 Å². The molecule has 0 bridgehead atoms.